The Kier molecular flexibility index (Phi) is 5.21. The van der Waals surface area contributed by atoms with E-state index in [1.165, 1.54) is 27.9 Å². The summed E-state index contributed by atoms with van der Waals surface area (Å²) in [7, 11) is 1.72. The second-order valence-electron chi connectivity index (χ2n) is 5.02. The van der Waals surface area contributed by atoms with Gasteiger partial charge in [-0.3, -0.25) is 0 Å². The number of anilines is 1. The van der Waals surface area contributed by atoms with Crippen molar-refractivity contribution in [3.05, 3.63) is 63.1 Å². The Labute approximate surface area is 129 Å². The summed E-state index contributed by atoms with van der Waals surface area (Å²) in [6.45, 7) is 5.73. The first kappa shape index (κ1) is 15.1. The van der Waals surface area contributed by atoms with Crippen molar-refractivity contribution in [3.8, 4) is 0 Å². The van der Waals surface area contributed by atoms with E-state index in [1.54, 1.807) is 7.11 Å². The molecule has 0 aliphatic heterocycles. The van der Waals surface area contributed by atoms with Gasteiger partial charge in [0.15, 0.2) is 0 Å². The molecule has 0 saturated heterocycles. The van der Waals surface area contributed by atoms with Gasteiger partial charge in [-0.25, -0.2) is 0 Å². The first-order chi connectivity index (χ1) is 9.60. The summed E-state index contributed by atoms with van der Waals surface area (Å²) < 4.78 is 6.30. The molecule has 0 saturated carbocycles. The SMILES string of the molecule is COCc1cccc(CNc2c(C)cc(Br)cc2C)c1. The number of hydrogen-bond acceptors (Lipinski definition) is 2. The van der Waals surface area contributed by atoms with Crippen LogP contribution in [-0.4, -0.2) is 7.11 Å². The van der Waals surface area contributed by atoms with Crippen LogP contribution in [0.3, 0.4) is 0 Å². The van der Waals surface area contributed by atoms with Crippen molar-refractivity contribution in [2.75, 3.05) is 12.4 Å². The van der Waals surface area contributed by atoms with E-state index < -0.39 is 0 Å². The Hall–Kier alpha value is -1.32. The summed E-state index contributed by atoms with van der Waals surface area (Å²) in [4.78, 5) is 0. The monoisotopic (exact) mass is 333 g/mol. The van der Waals surface area contributed by atoms with Crippen LogP contribution >= 0.6 is 15.9 Å². The number of halogens is 1. The van der Waals surface area contributed by atoms with Crippen LogP contribution in [-0.2, 0) is 17.9 Å². The van der Waals surface area contributed by atoms with E-state index in [-0.39, 0.29) is 0 Å². The fourth-order valence-corrected chi connectivity index (χ4v) is 3.06. The summed E-state index contributed by atoms with van der Waals surface area (Å²) in [6, 6.07) is 12.7. The van der Waals surface area contributed by atoms with Gasteiger partial charge in [0.1, 0.15) is 0 Å². The molecule has 0 atom stereocenters. The van der Waals surface area contributed by atoms with Crippen molar-refractivity contribution in [1.82, 2.24) is 0 Å². The van der Waals surface area contributed by atoms with Crippen LogP contribution in [0.1, 0.15) is 22.3 Å². The molecular weight excluding hydrogens is 314 g/mol. The Morgan fingerprint density at radius 3 is 2.35 bits per heavy atom. The lowest BCUT2D eigenvalue weighted by Crippen LogP contribution is -2.03. The lowest BCUT2D eigenvalue weighted by molar-refractivity contribution is 0.185. The van der Waals surface area contributed by atoms with Crippen molar-refractivity contribution >= 4 is 21.6 Å². The van der Waals surface area contributed by atoms with Gasteiger partial charge >= 0.3 is 0 Å². The highest BCUT2D eigenvalue weighted by atomic mass is 79.9. The minimum Gasteiger partial charge on any atom is -0.381 e. The molecule has 106 valence electrons. The summed E-state index contributed by atoms with van der Waals surface area (Å²) >= 11 is 3.53. The second kappa shape index (κ2) is 6.91. The molecule has 0 aliphatic carbocycles. The minimum absolute atomic E-state index is 0.657. The molecule has 0 aliphatic rings. The second-order valence-corrected chi connectivity index (χ2v) is 5.94. The predicted octanol–water partition coefficient (Wildman–Crippen LogP) is 4.82. The lowest BCUT2D eigenvalue weighted by Gasteiger charge is -2.14. The highest BCUT2D eigenvalue weighted by Crippen LogP contribution is 2.25. The van der Waals surface area contributed by atoms with E-state index in [0.717, 1.165) is 11.0 Å². The first-order valence-electron chi connectivity index (χ1n) is 6.67. The van der Waals surface area contributed by atoms with Gasteiger partial charge in [-0.2, -0.15) is 0 Å². The van der Waals surface area contributed by atoms with Crippen LogP contribution in [0, 0.1) is 13.8 Å². The van der Waals surface area contributed by atoms with Crippen molar-refractivity contribution in [3.63, 3.8) is 0 Å². The fraction of sp³-hybridized carbons (Fsp3) is 0.294. The highest BCUT2D eigenvalue weighted by molar-refractivity contribution is 9.10. The summed E-state index contributed by atoms with van der Waals surface area (Å²) in [5, 5.41) is 3.53. The fourth-order valence-electron chi connectivity index (χ4n) is 2.38. The third-order valence-corrected chi connectivity index (χ3v) is 3.73. The van der Waals surface area contributed by atoms with Crippen LogP contribution in [0.25, 0.3) is 0 Å². The van der Waals surface area contributed by atoms with Crippen LogP contribution in [0.4, 0.5) is 5.69 Å². The molecular formula is C17H20BrNO. The van der Waals surface area contributed by atoms with Crippen molar-refractivity contribution in [1.29, 1.82) is 0 Å². The van der Waals surface area contributed by atoms with E-state index in [2.05, 4.69) is 71.5 Å². The van der Waals surface area contributed by atoms with Gasteiger partial charge in [-0.1, -0.05) is 40.2 Å². The van der Waals surface area contributed by atoms with E-state index in [9.17, 15) is 0 Å². The minimum atomic E-state index is 0.657. The molecule has 0 bridgehead atoms. The molecule has 2 rings (SSSR count). The zero-order valence-electron chi connectivity index (χ0n) is 12.2. The molecule has 1 N–H and O–H groups in total. The van der Waals surface area contributed by atoms with Gasteiger partial charge in [-0.15, -0.1) is 0 Å². The molecule has 0 unspecified atom stereocenters. The zero-order chi connectivity index (χ0) is 14.5. The molecule has 0 heterocycles. The Morgan fingerprint density at radius 1 is 1.05 bits per heavy atom. The molecule has 0 spiro atoms. The topological polar surface area (TPSA) is 21.3 Å². The van der Waals surface area contributed by atoms with Gasteiger partial charge in [0.05, 0.1) is 6.61 Å². The number of ether oxygens (including phenoxy) is 1. The average Bonchev–Trinajstić information content (AvgIpc) is 2.38. The third kappa shape index (κ3) is 3.84. The molecule has 0 amide bonds. The first-order valence-corrected chi connectivity index (χ1v) is 7.47. The number of hydrogen-bond donors (Lipinski definition) is 1. The Balaban J connectivity index is 2.11. The standard InChI is InChI=1S/C17H20BrNO/c1-12-7-16(18)8-13(2)17(12)19-10-14-5-4-6-15(9-14)11-20-3/h4-9,19H,10-11H2,1-3H3. The van der Waals surface area contributed by atoms with Gasteiger partial charge in [0, 0.05) is 23.8 Å². The lowest BCUT2D eigenvalue weighted by atomic mass is 10.1. The number of rotatable bonds is 5. The van der Waals surface area contributed by atoms with Gasteiger partial charge < -0.3 is 10.1 Å². The summed E-state index contributed by atoms with van der Waals surface area (Å²) in [5.41, 5.74) is 6.19. The molecule has 3 heteroatoms. The van der Waals surface area contributed by atoms with Crippen LogP contribution in [0.5, 0.6) is 0 Å². The number of aryl methyl sites for hydroxylation is 2. The number of methoxy groups -OCH3 is 1. The third-order valence-electron chi connectivity index (χ3n) is 3.27. The van der Waals surface area contributed by atoms with Crippen molar-refractivity contribution in [2.45, 2.75) is 27.0 Å². The van der Waals surface area contributed by atoms with E-state index in [1.807, 2.05) is 0 Å². The number of nitrogens with one attached hydrogen (secondary N) is 1. The van der Waals surface area contributed by atoms with Crippen LogP contribution in [0.15, 0.2) is 40.9 Å². The van der Waals surface area contributed by atoms with Crippen molar-refractivity contribution < 1.29 is 4.74 Å². The molecule has 2 aromatic carbocycles. The van der Waals surface area contributed by atoms with Crippen LogP contribution < -0.4 is 5.32 Å². The van der Waals surface area contributed by atoms with Crippen LogP contribution in [0.2, 0.25) is 0 Å². The number of benzene rings is 2. The molecule has 2 aromatic rings. The summed E-state index contributed by atoms with van der Waals surface area (Å²) in [6.07, 6.45) is 0. The molecule has 0 aromatic heterocycles. The maximum Gasteiger partial charge on any atom is 0.0713 e. The average molecular weight is 334 g/mol. The molecule has 2 nitrogen and oxygen atoms in total. The van der Waals surface area contributed by atoms with E-state index in [0.29, 0.717) is 6.61 Å². The van der Waals surface area contributed by atoms with Crippen molar-refractivity contribution in [2.24, 2.45) is 0 Å². The Bertz CT molecular complexity index is 572. The molecule has 20 heavy (non-hydrogen) atoms. The quantitative estimate of drug-likeness (QED) is 0.846. The highest BCUT2D eigenvalue weighted by Gasteiger charge is 2.04. The Morgan fingerprint density at radius 2 is 1.70 bits per heavy atom. The maximum absolute atomic E-state index is 5.17. The van der Waals surface area contributed by atoms with E-state index >= 15 is 0 Å². The summed E-state index contributed by atoms with van der Waals surface area (Å²) in [5.74, 6) is 0. The van der Waals surface area contributed by atoms with Gasteiger partial charge in [-0.05, 0) is 48.2 Å². The molecule has 0 fully saturated rings. The smallest absolute Gasteiger partial charge is 0.0713 e. The van der Waals surface area contributed by atoms with E-state index in [4.69, 9.17) is 4.74 Å². The van der Waals surface area contributed by atoms with Gasteiger partial charge in [0.2, 0.25) is 0 Å². The largest absolute Gasteiger partial charge is 0.381 e. The maximum atomic E-state index is 5.17. The van der Waals surface area contributed by atoms with Gasteiger partial charge in [0.25, 0.3) is 0 Å². The normalized spacial score (nSPS) is 10.6. The molecule has 0 radical (unpaired) electrons. The predicted molar refractivity (Wildman–Crippen MR) is 88.1 cm³/mol. The zero-order valence-corrected chi connectivity index (χ0v) is 13.8.